The van der Waals surface area contributed by atoms with E-state index in [0.29, 0.717) is 23.7 Å². The van der Waals surface area contributed by atoms with Crippen LogP contribution >= 0.6 is 0 Å². The number of ether oxygens (including phenoxy) is 1. The van der Waals surface area contributed by atoms with Crippen molar-refractivity contribution in [1.82, 2.24) is 0 Å². The average Bonchev–Trinajstić information content (AvgIpc) is 2.60. The monoisotopic (exact) mass is 368 g/mol. The van der Waals surface area contributed by atoms with Gasteiger partial charge in [0.1, 0.15) is 11.6 Å². The van der Waals surface area contributed by atoms with Gasteiger partial charge in [0.2, 0.25) is 5.91 Å². The summed E-state index contributed by atoms with van der Waals surface area (Å²) in [5.41, 5.74) is 2.80. The minimum atomic E-state index is -0.609. The van der Waals surface area contributed by atoms with Crippen LogP contribution in [0.25, 0.3) is 0 Å². The van der Waals surface area contributed by atoms with Crippen LogP contribution in [-0.4, -0.2) is 24.5 Å². The smallest absolute Gasteiger partial charge is 0.268 e. The molecule has 1 N–H and O–H groups in total. The first kappa shape index (κ1) is 18.6. The Labute approximate surface area is 157 Å². The maximum Gasteiger partial charge on any atom is 0.268 e. The molecular weight excluding hydrogens is 347 g/mol. The van der Waals surface area contributed by atoms with E-state index in [1.54, 1.807) is 42.2 Å². The maximum absolute atomic E-state index is 13.0. The summed E-state index contributed by atoms with van der Waals surface area (Å²) in [7, 11) is 0. The fourth-order valence-corrected chi connectivity index (χ4v) is 2.91. The number of hydrogen-bond acceptors (Lipinski definition) is 3. The van der Waals surface area contributed by atoms with Crippen molar-refractivity contribution in [2.75, 3.05) is 16.8 Å². The first-order chi connectivity index (χ1) is 12.8. The molecule has 0 radical (unpaired) electrons. The van der Waals surface area contributed by atoms with Gasteiger partial charge in [0.05, 0.1) is 12.1 Å². The van der Waals surface area contributed by atoms with E-state index in [4.69, 9.17) is 4.74 Å². The van der Waals surface area contributed by atoms with Crippen molar-refractivity contribution in [2.24, 2.45) is 0 Å². The Morgan fingerprint density at radius 2 is 1.96 bits per heavy atom. The Hall–Kier alpha value is -3.15. The van der Waals surface area contributed by atoms with E-state index in [1.807, 2.05) is 6.92 Å². The lowest BCUT2D eigenvalue weighted by molar-refractivity contribution is -0.125. The molecule has 0 aromatic heterocycles. The summed E-state index contributed by atoms with van der Waals surface area (Å²) < 4.78 is 18.6. The number of carbonyl (C=O) groups excluding carboxylic acids is 2. The molecule has 140 valence electrons. The van der Waals surface area contributed by atoms with Gasteiger partial charge in [-0.05, 0) is 43.7 Å². The lowest BCUT2D eigenvalue weighted by Crippen LogP contribution is -2.45. The van der Waals surface area contributed by atoms with E-state index in [2.05, 4.69) is 11.9 Å². The SMILES string of the molecule is C=C(C)CN1C(=O)C(C)Oc2cc(NC(=O)Cc3ccc(F)cc3)ccc21. The molecule has 1 heterocycles. The first-order valence-electron chi connectivity index (χ1n) is 8.64. The van der Waals surface area contributed by atoms with Crippen molar-refractivity contribution in [1.29, 1.82) is 0 Å². The molecule has 0 fully saturated rings. The number of nitrogens with zero attached hydrogens (tertiary/aromatic N) is 1. The van der Waals surface area contributed by atoms with Crippen molar-refractivity contribution in [3.63, 3.8) is 0 Å². The van der Waals surface area contributed by atoms with E-state index in [9.17, 15) is 14.0 Å². The second-order valence-corrected chi connectivity index (χ2v) is 6.68. The van der Waals surface area contributed by atoms with Crippen molar-refractivity contribution in [3.8, 4) is 5.75 Å². The zero-order valence-corrected chi connectivity index (χ0v) is 15.3. The van der Waals surface area contributed by atoms with Crippen LogP contribution < -0.4 is 15.0 Å². The zero-order valence-electron chi connectivity index (χ0n) is 15.3. The number of fused-ring (bicyclic) bond motifs is 1. The van der Waals surface area contributed by atoms with Gasteiger partial charge in [-0.15, -0.1) is 0 Å². The van der Waals surface area contributed by atoms with E-state index >= 15 is 0 Å². The highest BCUT2D eigenvalue weighted by atomic mass is 19.1. The van der Waals surface area contributed by atoms with Crippen LogP contribution in [0, 0.1) is 5.82 Å². The molecule has 1 atom stereocenters. The summed E-state index contributed by atoms with van der Waals surface area (Å²) in [4.78, 5) is 26.3. The van der Waals surface area contributed by atoms with Crippen LogP contribution in [0.2, 0.25) is 0 Å². The Kier molecular flexibility index (Phi) is 5.26. The second-order valence-electron chi connectivity index (χ2n) is 6.68. The summed E-state index contributed by atoms with van der Waals surface area (Å²) in [6, 6.07) is 11.0. The molecule has 0 saturated heterocycles. The number of halogens is 1. The van der Waals surface area contributed by atoms with E-state index in [1.165, 1.54) is 12.1 Å². The first-order valence-corrected chi connectivity index (χ1v) is 8.64. The molecule has 2 amide bonds. The topological polar surface area (TPSA) is 58.6 Å². The van der Waals surface area contributed by atoms with Gasteiger partial charge in [-0.3, -0.25) is 9.59 Å². The zero-order chi connectivity index (χ0) is 19.6. The van der Waals surface area contributed by atoms with Crippen molar-refractivity contribution in [2.45, 2.75) is 26.4 Å². The van der Waals surface area contributed by atoms with Gasteiger partial charge in [-0.2, -0.15) is 0 Å². The summed E-state index contributed by atoms with van der Waals surface area (Å²) in [5.74, 6) is -0.157. The molecule has 0 aliphatic carbocycles. The van der Waals surface area contributed by atoms with Crippen molar-refractivity contribution >= 4 is 23.2 Å². The Bertz CT molecular complexity index is 893. The summed E-state index contributed by atoms with van der Waals surface area (Å²) in [6.45, 7) is 7.83. The third kappa shape index (κ3) is 4.34. The number of amides is 2. The average molecular weight is 368 g/mol. The minimum Gasteiger partial charge on any atom is -0.479 e. The molecule has 5 nitrogen and oxygen atoms in total. The highest BCUT2D eigenvalue weighted by Gasteiger charge is 2.31. The predicted molar refractivity (Wildman–Crippen MR) is 102 cm³/mol. The molecule has 1 aliphatic heterocycles. The molecule has 0 bridgehead atoms. The Morgan fingerprint density at radius 3 is 2.63 bits per heavy atom. The normalized spacial score (nSPS) is 15.7. The minimum absolute atomic E-state index is 0.126. The fraction of sp³-hybridized carbons (Fsp3) is 0.238. The van der Waals surface area contributed by atoms with Gasteiger partial charge < -0.3 is 15.0 Å². The van der Waals surface area contributed by atoms with E-state index in [-0.39, 0.29) is 24.1 Å². The molecule has 1 unspecified atom stereocenters. The van der Waals surface area contributed by atoms with Gasteiger partial charge in [0.25, 0.3) is 5.91 Å². The third-order valence-corrected chi connectivity index (χ3v) is 4.16. The molecule has 0 saturated carbocycles. The molecule has 2 aromatic rings. The fourth-order valence-electron chi connectivity index (χ4n) is 2.91. The van der Waals surface area contributed by atoms with Crippen LogP contribution in [0.1, 0.15) is 19.4 Å². The molecule has 0 spiro atoms. The molecular formula is C21H21FN2O3. The van der Waals surface area contributed by atoms with Crippen LogP contribution in [0.5, 0.6) is 5.75 Å². The lowest BCUT2D eigenvalue weighted by atomic mass is 10.1. The molecule has 2 aromatic carbocycles. The molecule has 6 heteroatoms. The third-order valence-electron chi connectivity index (χ3n) is 4.16. The van der Waals surface area contributed by atoms with Crippen LogP contribution in [0.3, 0.4) is 0 Å². The maximum atomic E-state index is 13.0. The number of anilines is 2. The summed E-state index contributed by atoms with van der Waals surface area (Å²) in [5, 5.41) is 2.80. The van der Waals surface area contributed by atoms with Crippen LogP contribution in [0.4, 0.5) is 15.8 Å². The van der Waals surface area contributed by atoms with E-state index < -0.39 is 6.10 Å². The van der Waals surface area contributed by atoms with Gasteiger partial charge in [0, 0.05) is 18.3 Å². The van der Waals surface area contributed by atoms with Crippen molar-refractivity contribution < 1.29 is 18.7 Å². The van der Waals surface area contributed by atoms with E-state index in [0.717, 1.165) is 11.1 Å². The number of benzene rings is 2. The van der Waals surface area contributed by atoms with Gasteiger partial charge >= 0.3 is 0 Å². The molecule has 1 aliphatic rings. The summed E-state index contributed by atoms with van der Waals surface area (Å²) >= 11 is 0. The van der Waals surface area contributed by atoms with Gasteiger partial charge in [-0.1, -0.05) is 24.3 Å². The molecule has 27 heavy (non-hydrogen) atoms. The number of hydrogen-bond donors (Lipinski definition) is 1. The van der Waals surface area contributed by atoms with Gasteiger partial charge in [-0.25, -0.2) is 4.39 Å². The standard InChI is InChI=1S/C21H21FN2O3/c1-13(2)12-24-18-9-8-17(11-19(18)27-14(3)21(24)26)23-20(25)10-15-4-6-16(22)7-5-15/h4-9,11,14H,1,10,12H2,2-3H3,(H,23,25). The van der Waals surface area contributed by atoms with Crippen LogP contribution in [-0.2, 0) is 16.0 Å². The quantitative estimate of drug-likeness (QED) is 0.819. The summed E-state index contributed by atoms with van der Waals surface area (Å²) in [6.07, 6.45) is -0.475. The van der Waals surface area contributed by atoms with Gasteiger partial charge in [0.15, 0.2) is 6.10 Å². The predicted octanol–water partition coefficient (Wildman–Crippen LogP) is 3.70. The van der Waals surface area contributed by atoms with Crippen LogP contribution in [0.15, 0.2) is 54.6 Å². The van der Waals surface area contributed by atoms with Crippen molar-refractivity contribution in [3.05, 3.63) is 66.0 Å². The highest BCUT2D eigenvalue weighted by molar-refractivity contribution is 6.01. The second kappa shape index (κ2) is 7.61. The Morgan fingerprint density at radius 1 is 1.26 bits per heavy atom. The number of carbonyl (C=O) groups is 2. The number of rotatable bonds is 5. The Balaban J connectivity index is 1.76. The largest absolute Gasteiger partial charge is 0.479 e. The highest BCUT2D eigenvalue weighted by Crippen LogP contribution is 2.36. The lowest BCUT2D eigenvalue weighted by Gasteiger charge is -2.33. The number of nitrogens with one attached hydrogen (secondary N) is 1. The molecule has 3 rings (SSSR count).